The molecule has 5 heteroatoms. The molecule has 2 aliphatic rings. The summed E-state index contributed by atoms with van der Waals surface area (Å²) < 4.78 is 5.53. The molecule has 0 N–H and O–H groups in total. The molecule has 1 aromatic carbocycles. The second kappa shape index (κ2) is 6.77. The Bertz CT molecular complexity index is 698. The van der Waals surface area contributed by atoms with Crippen molar-refractivity contribution in [3.05, 3.63) is 42.3 Å². The largest absolute Gasteiger partial charge is 0.444 e. The van der Waals surface area contributed by atoms with Crippen LogP contribution < -0.4 is 0 Å². The van der Waals surface area contributed by atoms with E-state index in [4.69, 9.17) is 4.42 Å². The molecule has 0 saturated carbocycles. The molecule has 0 radical (unpaired) electrons. The third-order valence-electron chi connectivity index (χ3n) is 5.09. The molecule has 1 unspecified atom stereocenters. The Balaban J connectivity index is 1.39. The van der Waals surface area contributed by atoms with E-state index in [0.717, 1.165) is 25.2 Å². The molecular weight excluding hydrogens is 302 g/mol. The Hall–Kier alpha value is -2.14. The van der Waals surface area contributed by atoms with Crippen molar-refractivity contribution in [2.45, 2.75) is 31.7 Å². The molecule has 1 aromatic heterocycles. The minimum Gasteiger partial charge on any atom is -0.444 e. The number of benzene rings is 1. The third-order valence-corrected chi connectivity index (χ3v) is 5.09. The number of hydrogen-bond acceptors (Lipinski definition) is 4. The van der Waals surface area contributed by atoms with E-state index in [2.05, 4.69) is 9.88 Å². The molecule has 2 saturated heterocycles. The lowest BCUT2D eigenvalue weighted by Gasteiger charge is -2.44. The molecule has 0 spiro atoms. The average molecular weight is 325 g/mol. The van der Waals surface area contributed by atoms with Crippen molar-refractivity contribution in [1.29, 1.82) is 0 Å². The summed E-state index contributed by atoms with van der Waals surface area (Å²) in [4.78, 5) is 21.6. The van der Waals surface area contributed by atoms with Gasteiger partial charge in [0, 0.05) is 31.2 Å². The second-order valence-electron chi connectivity index (χ2n) is 6.71. The molecule has 2 aliphatic heterocycles. The van der Waals surface area contributed by atoms with Crippen LogP contribution in [-0.2, 0) is 11.2 Å². The summed E-state index contributed by atoms with van der Waals surface area (Å²) in [5, 5.41) is 0. The van der Waals surface area contributed by atoms with E-state index in [-0.39, 0.29) is 5.91 Å². The second-order valence-corrected chi connectivity index (χ2v) is 6.71. The van der Waals surface area contributed by atoms with Crippen LogP contribution in [0.4, 0.5) is 0 Å². The number of piperidine rings is 1. The van der Waals surface area contributed by atoms with Gasteiger partial charge in [-0.3, -0.25) is 9.69 Å². The smallest absolute Gasteiger partial charge is 0.228 e. The first-order valence-electron chi connectivity index (χ1n) is 8.81. The molecule has 0 bridgehead atoms. The van der Waals surface area contributed by atoms with Crippen molar-refractivity contribution < 1.29 is 9.21 Å². The number of carbonyl (C=O) groups is 1. The number of amides is 1. The van der Waals surface area contributed by atoms with Crippen LogP contribution in [0.5, 0.6) is 0 Å². The van der Waals surface area contributed by atoms with Crippen LogP contribution in [0.3, 0.4) is 0 Å². The molecule has 126 valence electrons. The minimum atomic E-state index is 0.160. The Morgan fingerprint density at radius 1 is 1.17 bits per heavy atom. The Labute approximate surface area is 142 Å². The summed E-state index contributed by atoms with van der Waals surface area (Å²) >= 11 is 0. The highest BCUT2D eigenvalue weighted by Crippen LogP contribution is 2.22. The number of nitrogens with zero attached hydrogens (tertiary/aromatic N) is 3. The van der Waals surface area contributed by atoms with Gasteiger partial charge in [-0.25, -0.2) is 4.98 Å². The zero-order chi connectivity index (χ0) is 16.4. The number of fused-ring (bicyclic) bond motifs is 1. The number of carbonyl (C=O) groups excluding carboxylic acids is 1. The summed E-state index contributed by atoms with van der Waals surface area (Å²) in [7, 11) is 0. The van der Waals surface area contributed by atoms with Crippen molar-refractivity contribution in [3.63, 3.8) is 0 Å². The zero-order valence-electron chi connectivity index (χ0n) is 13.9. The van der Waals surface area contributed by atoms with Crippen LogP contribution in [0.1, 0.15) is 25.0 Å². The molecule has 4 rings (SSSR count). The van der Waals surface area contributed by atoms with Gasteiger partial charge in [-0.1, -0.05) is 24.6 Å². The first kappa shape index (κ1) is 15.4. The summed E-state index contributed by atoms with van der Waals surface area (Å²) in [5.41, 5.74) is 1.65. The van der Waals surface area contributed by atoms with Gasteiger partial charge in [0.15, 0.2) is 0 Å². The highest BCUT2D eigenvalue weighted by Gasteiger charge is 2.31. The fraction of sp³-hybridized carbons (Fsp3) is 0.474. The molecular formula is C19H23N3O2. The van der Waals surface area contributed by atoms with E-state index in [1.165, 1.54) is 25.8 Å². The highest BCUT2D eigenvalue weighted by molar-refractivity contribution is 5.78. The highest BCUT2D eigenvalue weighted by atomic mass is 16.3. The van der Waals surface area contributed by atoms with Crippen LogP contribution in [0.25, 0.3) is 11.5 Å². The zero-order valence-corrected chi connectivity index (χ0v) is 13.9. The fourth-order valence-corrected chi connectivity index (χ4v) is 3.75. The summed E-state index contributed by atoms with van der Waals surface area (Å²) in [6, 6.07) is 10.3. The summed E-state index contributed by atoms with van der Waals surface area (Å²) in [6.45, 7) is 3.89. The van der Waals surface area contributed by atoms with E-state index < -0.39 is 0 Å². The van der Waals surface area contributed by atoms with Crippen molar-refractivity contribution in [3.8, 4) is 11.5 Å². The third kappa shape index (κ3) is 3.22. The van der Waals surface area contributed by atoms with Crippen LogP contribution in [-0.4, -0.2) is 52.9 Å². The van der Waals surface area contributed by atoms with Gasteiger partial charge in [-0.15, -0.1) is 0 Å². The van der Waals surface area contributed by atoms with Crippen LogP contribution in [0.15, 0.2) is 41.0 Å². The van der Waals surface area contributed by atoms with Gasteiger partial charge >= 0.3 is 0 Å². The maximum absolute atomic E-state index is 12.6. The van der Waals surface area contributed by atoms with Gasteiger partial charge in [-0.05, 0) is 31.5 Å². The van der Waals surface area contributed by atoms with Crippen LogP contribution in [0, 0.1) is 0 Å². The van der Waals surface area contributed by atoms with Gasteiger partial charge in [0.05, 0.1) is 12.1 Å². The lowest BCUT2D eigenvalue weighted by atomic mass is 9.99. The minimum absolute atomic E-state index is 0.160. The number of oxazole rings is 1. The first-order chi connectivity index (χ1) is 11.8. The standard InChI is InChI=1S/C19H23N3O2/c23-18(22-11-10-21-9-5-4-8-17(21)13-22)12-16-14-24-19(20-16)15-6-2-1-3-7-15/h1-3,6-7,14,17H,4-5,8-13H2. The van der Waals surface area contributed by atoms with Crippen LogP contribution in [0.2, 0.25) is 0 Å². The molecule has 1 amide bonds. The SMILES string of the molecule is O=C(Cc1coc(-c2ccccc2)n1)N1CCN2CCCCC2C1. The quantitative estimate of drug-likeness (QED) is 0.870. The predicted molar refractivity (Wildman–Crippen MR) is 91.4 cm³/mol. The normalized spacial score (nSPS) is 21.5. The molecule has 1 atom stereocenters. The van der Waals surface area contributed by atoms with Crippen molar-refractivity contribution in [2.24, 2.45) is 0 Å². The fourth-order valence-electron chi connectivity index (χ4n) is 3.75. The van der Waals surface area contributed by atoms with Gasteiger partial charge in [0.25, 0.3) is 0 Å². The molecule has 2 aromatic rings. The van der Waals surface area contributed by atoms with Gasteiger partial charge in [0.1, 0.15) is 6.26 Å². The summed E-state index contributed by atoms with van der Waals surface area (Å²) in [5.74, 6) is 0.739. The monoisotopic (exact) mass is 325 g/mol. The summed E-state index contributed by atoms with van der Waals surface area (Å²) in [6.07, 6.45) is 5.73. The van der Waals surface area contributed by atoms with Crippen molar-refractivity contribution >= 4 is 5.91 Å². The van der Waals surface area contributed by atoms with Gasteiger partial charge in [0.2, 0.25) is 11.8 Å². The molecule has 5 nitrogen and oxygen atoms in total. The molecule has 3 heterocycles. The maximum Gasteiger partial charge on any atom is 0.228 e. The Morgan fingerprint density at radius 3 is 2.92 bits per heavy atom. The van der Waals surface area contributed by atoms with E-state index in [0.29, 0.717) is 24.0 Å². The molecule has 0 aliphatic carbocycles. The van der Waals surface area contributed by atoms with E-state index >= 15 is 0 Å². The number of hydrogen-bond donors (Lipinski definition) is 0. The Morgan fingerprint density at radius 2 is 2.04 bits per heavy atom. The van der Waals surface area contributed by atoms with Crippen molar-refractivity contribution in [2.75, 3.05) is 26.2 Å². The van der Waals surface area contributed by atoms with Gasteiger partial charge < -0.3 is 9.32 Å². The van der Waals surface area contributed by atoms with Gasteiger partial charge in [-0.2, -0.15) is 0 Å². The molecule has 24 heavy (non-hydrogen) atoms. The maximum atomic E-state index is 12.6. The van der Waals surface area contributed by atoms with Crippen molar-refractivity contribution in [1.82, 2.24) is 14.8 Å². The lowest BCUT2D eigenvalue weighted by molar-refractivity contribution is -0.134. The van der Waals surface area contributed by atoms with Crippen LogP contribution >= 0.6 is 0 Å². The van der Waals surface area contributed by atoms with E-state index in [1.807, 2.05) is 35.2 Å². The Kier molecular flexibility index (Phi) is 4.34. The lowest BCUT2D eigenvalue weighted by Crippen LogP contribution is -2.56. The number of piperazine rings is 1. The van der Waals surface area contributed by atoms with E-state index in [1.54, 1.807) is 6.26 Å². The number of rotatable bonds is 3. The first-order valence-corrected chi connectivity index (χ1v) is 8.81. The predicted octanol–water partition coefficient (Wildman–Crippen LogP) is 2.58. The topological polar surface area (TPSA) is 49.6 Å². The average Bonchev–Trinajstić information content (AvgIpc) is 3.10. The van der Waals surface area contributed by atoms with E-state index in [9.17, 15) is 4.79 Å². The number of aromatic nitrogens is 1. The molecule has 2 fully saturated rings.